The van der Waals surface area contributed by atoms with Crippen molar-refractivity contribution in [2.75, 3.05) is 26.8 Å². The van der Waals surface area contributed by atoms with Crippen molar-refractivity contribution in [3.05, 3.63) is 0 Å². The number of carbonyl (C=O) groups is 2. The van der Waals surface area contributed by atoms with Crippen LogP contribution in [0.15, 0.2) is 0 Å². The lowest BCUT2D eigenvalue weighted by Crippen LogP contribution is -2.44. The predicted molar refractivity (Wildman–Crippen MR) is 61.1 cm³/mol. The van der Waals surface area contributed by atoms with Crippen LogP contribution in [-0.2, 0) is 14.3 Å². The fourth-order valence-electron chi connectivity index (χ4n) is 1.89. The van der Waals surface area contributed by atoms with E-state index in [2.05, 4.69) is 13.8 Å². The molecule has 0 aromatic heterocycles. The molecule has 1 rings (SSSR count). The second-order valence-corrected chi connectivity index (χ2v) is 5.19. The van der Waals surface area contributed by atoms with E-state index in [4.69, 9.17) is 4.74 Å². The van der Waals surface area contributed by atoms with Gasteiger partial charge in [0.25, 0.3) is 0 Å². The van der Waals surface area contributed by atoms with Crippen molar-refractivity contribution < 1.29 is 14.3 Å². The van der Waals surface area contributed by atoms with Gasteiger partial charge in [-0.2, -0.15) is 0 Å². The van der Waals surface area contributed by atoms with Crippen LogP contribution in [0.4, 0.5) is 0 Å². The monoisotopic (exact) mass is 227 g/mol. The maximum Gasteiger partial charge on any atom is 0.230 e. The highest BCUT2D eigenvalue weighted by Gasteiger charge is 2.28. The van der Waals surface area contributed by atoms with E-state index in [1.807, 2.05) is 0 Å². The topological polar surface area (TPSA) is 46.6 Å². The van der Waals surface area contributed by atoms with E-state index < -0.39 is 0 Å². The molecule has 0 N–H and O–H groups in total. The second-order valence-electron chi connectivity index (χ2n) is 5.19. The van der Waals surface area contributed by atoms with Crippen molar-refractivity contribution in [2.45, 2.75) is 33.1 Å². The molecule has 0 bridgehead atoms. The number of hydrogen-bond donors (Lipinski definition) is 0. The highest BCUT2D eigenvalue weighted by atomic mass is 16.5. The number of nitrogens with zero attached hydrogens (tertiary/aromatic N) is 1. The van der Waals surface area contributed by atoms with Crippen molar-refractivity contribution in [3.8, 4) is 0 Å². The highest BCUT2D eigenvalue weighted by molar-refractivity contribution is 6.00. The molecule has 1 aliphatic heterocycles. The van der Waals surface area contributed by atoms with Crippen LogP contribution in [0.2, 0.25) is 0 Å². The predicted octanol–water partition coefficient (Wildman–Crippen LogP) is 1.24. The number of methoxy groups -OCH3 is 1. The summed E-state index contributed by atoms with van der Waals surface area (Å²) in [6.45, 7) is 6.23. The summed E-state index contributed by atoms with van der Waals surface area (Å²) in [5.74, 6) is 0.0395. The molecule has 1 saturated heterocycles. The molecule has 4 heteroatoms. The first-order valence-corrected chi connectivity index (χ1v) is 5.73. The van der Waals surface area contributed by atoms with Gasteiger partial charge in [0.2, 0.25) is 5.91 Å². The molecule has 0 saturated carbocycles. The van der Waals surface area contributed by atoms with Crippen LogP contribution in [0, 0.1) is 5.41 Å². The summed E-state index contributed by atoms with van der Waals surface area (Å²) < 4.78 is 5.05. The number of hydrogen-bond acceptors (Lipinski definition) is 3. The van der Waals surface area contributed by atoms with E-state index >= 15 is 0 Å². The fraction of sp³-hybridized carbons (Fsp3) is 0.833. The van der Waals surface area contributed by atoms with Crippen LogP contribution >= 0.6 is 0 Å². The van der Waals surface area contributed by atoms with Gasteiger partial charge in [0, 0.05) is 33.2 Å². The summed E-state index contributed by atoms with van der Waals surface area (Å²) >= 11 is 0. The summed E-state index contributed by atoms with van der Waals surface area (Å²) in [5, 5.41) is 0. The molecule has 1 fully saturated rings. The molecular formula is C12H21NO3. The van der Waals surface area contributed by atoms with Gasteiger partial charge >= 0.3 is 0 Å². The SMILES string of the molecule is COCCC(C)(C)CN1CCC(=O)CC1=O. The van der Waals surface area contributed by atoms with Gasteiger partial charge in [0.05, 0.1) is 6.42 Å². The van der Waals surface area contributed by atoms with Crippen molar-refractivity contribution in [2.24, 2.45) is 5.41 Å². The number of amides is 1. The van der Waals surface area contributed by atoms with Crippen molar-refractivity contribution in [1.29, 1.82) is 0 Å². The van der Waals surface area contributed by atoms with E-state index in [9.17, 15) is 9.59 Å². The van der Waals surface area contributed by atoms with Gasteiger partial charge in [0.1, 0.15) is 5.78 Å². The Bertz CT molecular complexity index is 273. The summed E-state index contributed by atoms with van der Waals surface area (Å²) in [7, 11) is 1.68. The summed E-state index contributed by atoms with van der Waals surface area (Å²) in [6, 6.07) is 0. The molecule has 16 heavy (non-hydrogen) atoms. The molecule has 0 aromatic carbocycles. The number of likely N-dealkylation sites (tertiary alicyclic amines) is 1. The van der Waals surface area contributed by atoms with Gasteiger partial charge in [-0.25, -0.2) is 0 Å². The van der Waals surface area contributed by atoms with Crippen LogP contribution in [0.1, 0.15) is 33.1 Å². The standard InChI is InChI=1S/C12H21NO3/c1-12(2,5-7-16-3)9-13-6-4-10(14)8-11(13)15/h4-9H2,1-3H3. The first kappa shape index (κ1) is 13.2. The van der Waals surface area contributed by atoms with E-state index in [1.54, 1.807) is 12.0 Å². The zero-order chi connectivity index (χ0) is 12.2. The summed E-state index contributed by atoms with van der Waals surface area (Å²) in [4.78, 5) is 24.5. The Hall–Kier alpha value is -0.900. The Morgan fingerprint density at radius 1 is 1.38 bits per heavy atom. The number of rotatable bonds is 5. The Kier molecular flexibility index (Phi) is 4.47. The van der Waals surface area contributed by atoms with E-state index in [-0.39, 0.29) is 23.5 Å². The molecule has 92 valence electrons. The first-order chi connectivity index (χ1) is 7.44. The van der Waals surface area contributed by atoms with Crippen LogP contribution in [0.25, 0.3) is 0 Å². The maximum atomic E-state index is 11.6. The van der Waals surface area contributed by atoms with Crippen LogP contribution in [-0.4, -0.2) is 43.4 Å². The van der Waals surface area contributed by atoms with E-state index in [0.29, 0.717) is 26.1 Å². The van der Waals surface area contributed by atoms with Crippen LogP contribution in [0.5, 0.6) is 0 Å². The van der Waals surface area contributed by atoms with Crippen molar-refractivity contribution in [3.63, 3.8) is 0 Å². The molecule has 0 atom stereocenters. The van der Waals surface area contributed by atoms with Crippen molar-refractivity contribution in [1.82, 2.24) is 4.90 Å². The fourth-order valence-corrected chi connectivity index (χ4v) is 1.89. The minimum atomic E-state index is -0.0262. The van der Waals surface area contributed by atoms with Gasteiger partial charge in [-0.15, -0.1) is 0 Å². The molecule has 1 aliphatic rings. The molecular weight excluding hydrogens is 206 g/mol. The Morgan fingerprint density at radius 3 is 2.62 bits per heavy atom. The van der Waals surface area contributed by atoms with Gasteiger partial charge < -0.3 is 9.64 Å². The molecule has 4 nitrogen and oxygen atoms in total. The summed E-state index contributed by atoms with van der Waals surface area (Å²) in [5.41, 5.74) is 0.0477. The zero-order valence-corrected chi connectivity index (χ0v) is 10.4. The minimum absolute atomic E-state index is 0.0262. The number of Topliss-reactive ketones (excluding diaryl/α,β-unsaturated/α-hetero) is 1. The third-order valence-corrected chi connectivity index (χ3v) is 2.96. The largest absolute Gasteiger partial charge is 0.385 e. The number of ether oxygens (including phenoxy) is 1. The van der Waals surface area contributed by atoms with E-state index in [0.717, 1.165) is 6.42 Å². The third kappa shape index (κ3) is 3.93. The minimum Gasteiger partial charge on any atom is -0.385 e. The van der Waals surface area contributed by atoms with Gasteiger partial charge in [0.15, 0.2) is 0 Å². The molecule has 0 spiro atoms. The average Bonchev–Trinajstić information content (AvgIpc) is 2.19. The molecule has 1 amide bonds. The second kappa shape index (κ2) is 5.43. The number of carbonyl (C=O) groups excluding carboxylic acids is 2. The lowest BCUT2D eigenvalue weighted by Gasteiger charge is -2.34. The Labute approximate surface area is 96.9 Å². The molecule has 1 heterocycles. The lowest BCUT2D eigenvalue weighted by molar-refractivity contribution is -0.140. The molecule has 0 aliphatic carbocycles. The molecule has 0 radical (unpaired) electrons. The highest BCUT2D eigenvalue weighted by Crippen LogP contribution is 2.23. The molecule has 0 aromatic rings. The average molecular weight is 227 g/mol. The smallest absolute Gasteiger partial charge is 0.230 e. The Balaban J connectivity index is 2.46. The van der Waals surface area contributed by atoms with Gasteiger partial charge in [-0.1, -0.05) is 13.8 Å². The lowest BCUT2D eigenvalue weighted by atomic mass is 9.88. The number of piperidine rings is 1. The van der Waals surface area contributed by atoms with Gasteiger partial charge in [-0.05, 0) is 11.8 Å². The van der Waals surface area contributed by atoms with Crippen LogP contribution < -0.4 is 0 Å². The first-order valence-electron chi connectivity index (χ1n) is 5.73. The van der Waals surface area contributed by atoms with E-state index in [1.165, 1.54) is 0 Å². The normalized spacial score (nSPS) is 18.1. The maximum absolute atomic E-state index is 11.6. The third-order valence-electron chi connectivity index (χ3n) is 2.96. The van der Waals surface area contributed by atoms with Crippen molar-refractivity contribution >= 4 is 11.7 Å². The van der Waals surface area contributed by atoms with Gasteiger partial charge in [-0.3, -0.25) is 9.59 Å². The quantitative estimate of drug-likeness (QED) is 0.664. The molecule has 0 unspecified atom stereocenters. The van der Waals surface area contributed by atoms with Crippen LogP contribution in [0.3, 0.4) is 0 Å². The Morgan fingerprint density at radius 2 is 2.06 bits per heavy atom. The number of ketones is 1. The summed E-state index contributed by atoms with van der Waals surface area (Å²) in [6.07, 6.45) is 1.51. The zero-order valence-electron chi connectivity index (χ0n) is 10.4.